The van der Waals surface area contributed by atoms with Gasteiger partial charge in [-0.3, -0.25) is 14.6 Å². The molecule has 0 spiro atoms. The topological polar surface area (TPSA) is 137 Å². The van der Waals surface area contributed by atoms with Gasteiger partial charge in [0.25, 0.3) is 5.91 Å². The first kappa shape index (κ1) is 36.0. The molecule has 0 radical (unpaired) electrons. The number of primary amides is 1. The number of nitrogens with two attached hydrogens (primary N) is 1. The van der Waals surface area contributed by atoms with Gasteiger partial charge in [-0.05, 0) is 74.4 Å². The van der Waals surface area contributed by atoms with Crippen LogP contribution >= 0.6 is 0 Å². The Bertz CT molecular complexity index is 1880. The van der Waals surface area contributed by atoms with Crippen LogP contribution in [0.3, 0.4) is 0 Å². The minimum absolute atomic E-state index is 0.00438. The number of aromatic nitrogens is 2. The fourth-order valence-electron chi connectivity index (χ4n) is 4.96. The molecule has 0 unspecified atom stereocenters. The summed E-state index contributed by atoms with van der Waals surface area (Å²) in [6, 6.07) is 11.0. The molecule has 1 aliphatic carbocycles. The quantitative estimate of drug-likeness (QED) is 0.151. The second-order valence-electron chi connectivity index (χ2n) is 11.4. The number of benzene rings is 2. The predicted molar refractivity (Wildman–Crippen MR) is 164 cm³/mol. The summed E-state index contributed by atoms with van der Waals surface area (Å²) in [4.78, 5) is 32.7. The molecule has 50 heavy (non-hydrogen) atoms. The van der Waals surface area contributed by atoms with Crippen molar-refractivity contribution in [2.75, 3.05) is 13.2 Å². The van der Waals surface area contributed by atoms with Crippen molar-refractivity contribution in [3.05, 3.63) is 95.2 Å². The van der Waals surface area contributed by atoms with Crippen molar-refractivity contribution < 1.29 is 54.9 Å². The molecule has 5 rings (SSSR count). The predicted octanol–water partition coefficient (Wildman–Crippen LogP) is 6.12. The number of hydrogen-bond donors (Lipinski definition) is 3. The highest BCUT2D eigenvalue weighted by Crippen LogP contribution is 2.42. The number of ether oxygens (including phenoxy) is 2. The van der Waals surface area contributed by atoms with Crippen LogP contribution in [0.25, 0.3) is 22.4 Å². The van der Waals surface area contributed by atoms with Crippen molar-refractivity contribution in [1.82, 2.24) is 15.3 Å². The SMILES string of the molecule is CCOc1c(CC(N)=O)cc([C@@](O)(CNC(=O)c2ccc(OC3CC3)c(-c3ccc(C(F)(F)F)nc3)c2)C(F)(F)F)nc1-c1ccc(F)cc1. The number of amides is 2. The molecule has 0 aliphatic heterocycles. The van der Waals surface area contributed by atoms with Crippen molar-refractivity contribution in [2.45, 2.75) is 50.2 Å². The number of rotatable bonds is 12. The van der Waals surface area contributed by atoms with Gasteiger partial charge in [0.1, 0.15) is 28.7 Å². The lowest BCUT2D eigenvalue weighted by atomic mass is 9.93. The van der Waals surface area contributed by atoms with E-state index in [0.29, 0.717) is 0 Å². The molecule has 9 nitrogen and oxygen atoms in total. The second kappa shape index (κ2) is 13.9. The molecule has 2 aromatic heterocycles. The highest BCUT2D eigenvalue weighted by atomic mass is 19.4. The number of halogens is 7. The first-order chi connectivity index (χ1) is 23.5. The number of nitrogens with one attached hydrogen (secondary N) is 1. The maximum atomic E-state index is 14.7. The summed E-state index contributed by atoms with van der Waals surface area (Å²) in [6.07, 6.45) is -8.54. The third kappa shape index (κ3) is 7.96. The number of carbonyl (C=O) groups is 2. The van der Waals surface area contributed by atoms with Gasteiger partial charge in [-0.25, -0.2) is 9.37 Å². The van der Waals surface area contributed by atoms with Crippen molar-refractivity contribution >= 4 is 11.8 Å². The molecule has 4 N–H and O–H groups in total. The molecule has 264 valence electrons. The summed E-state index contributed by atoms with van der Waals surface area (Å²) in [5, 5.41) is 13.3. The Hall–Kier alpha value is -5.25. The number of alkyl halides is 6. The Morgan fingerprint density at radius 2 is 1.64 bits per heavy atom. The lowest BCUT2D eigenvalue weighted by molar-refractivity contribution is -0.265. The van der Waals surface area contributed by atoms with Crippen LogP contribution in [-0.2, 0) is 23.0 Å². The molecule has 2 amide bonds. The number of pyridine rings is 2. The van der Waals surface area contributed by atoms with E-state index in [4.69, 9.17) is 15.2 Å². The van der Waals surface area contributed by atoms with Crippen LogP contribution in [0.4, 0.5) is 30.7 Å². The third-order valence-electron chi connectivity index (χ3n) is 7.64. The molecule has 2 aromatic carbocycles. The van der Waals surface area contributed by atoms with Gasteiger partial charge in [-0.2, -0.15) is 26.3 Å². The van der Waals surface area contributed by atoms with Gasteiger partial charge in [0.05, 0.1) is 31.4 Å². The minimum atomic E-state index is -5.45. The van der Waals surface area contributed by atoms with Gasteiger partial charge >= 0.3 is 12.4 Å². The van der Waals surface area contributed by atoms with E-state index in [1.165, 1.54) is 30.3 Å². The monoisotopic (exact) mass is 706 g/mol. The van der Waals surface area contributed by atoms with E-state index in [9.17, 15) is 45.4 Å². The van der Waals surface area contributed by atoms with Gasteiger partial charge < -0.3 is 25.6 Å². The highest BCUT2D eigenvalue weighted by molar-refractivity contribution is 5.96. The molecular weight excluding hydrogens is 677 g/mol. The van der Waals surface area contributed by atoms with Crippen LogP contribution in [-0.4, -0.2) is 52.3 Å². The molecule has 1 saturated carbocycles. The molecule has 1 aliphatic rings. The van der Waals surface area contributed by atoms with E-state index in [0.717, 1.165) is 49.4 Å². The van der Waals surface area contributed by atoms with E-state index in [1.54, 1.807) is 6.92 Å². The van der Waals surface area contributed by atoms with Crippen LogP contribution in [0.1, 0.15) is 47.1 Å². The van der Waals surface area contributed by atoms with E-state index >= 15 is 0 Å². The van der Waals surface area contributed by atoms with Crippen molar-refractivity contribution in [3.63, 3.8) is 0 Å². The lowest BCUT2D eigenvalue weighted by Gasteiger charge is -2.31. The van der Waals surface area contributed by atoms with E-state index < -0.39 is 59.9 Å². The summed E-state index contributed by atoms with van der Waals surface area (Å²) in [5.74, 6) is -2.58. The number of carbonyl (C=O) groups excluding carboxylic acids is 2. The summed E-state index contributed by atoms with van der Waals surface area (Å²) in [5.41, 5.74) is -0.891. The molecule has 0 saturated heterocycles. The average Bonchev–Trinajstić information content (AvgIpc) is 3.88. The molecular formula is C34H29F7N4O5. The zero-order chi connectivity index (χ0) is 36.4. The normalized spacial score (nSPS) is 14.5. The zero-order valence-electron chi connectivity index (χ0n) is 26.2. The molecule has 2 heterocycles. The summed E-state index contributed by atoms with van der Waals surface area (Å²) in [7, 11) is 0. The molecule has 4 aromatic rings. The maximum absolute atomic E-state index is 14.7. The van der Waals surface area contributed by atoms with E-state index in [1.807, 2.05) is 0 Å². The van der Waals surface area contributed by atoms with Gasteiger partial charge in [0.2, 0.25) is 11.5 Å². The number of aliphatic hydroxyl groups is 1. The van der Waals surface area contributed by atoms with Crippen LogP contribution < -0.4 is 20.5 Å². The first-order valence-corrected chi connectivity index (χ1v) is 15.1. The molecule has 1 fully saturated rings. The van der Waals surface area contributed by atoms with Crippen molar-refractivity contribution in [3.8, 4) is 33.9 Å². The van der Waals surface area contributed by atoms with Crippen LogP contribution in [0.5, 0.6) is 11.5 Å². The average molecular weight is 707 g/mol. The number of nitrogens with zero attached hydrogens (tertiary/aromatic N) is 2. The standard InChI is InChI=1S/C34H29F7N4O5/c1-2-49-30-21(15-28(42)46)14-27(45-29(30)18-3-7-22(35)8-4-18)32(48,34(39,40)41)17-44-31(47)19-5-11-25(50-23-9-10-23)24(13-19)20-6-12-26(43-16-20)33(36,37)38/h3-8,11-14,16,23,48H,2,9-10,15,17H2,1H3,(H2,42,46)(H,44,47)/t32-/m0/s1. The lowest BCUT2D eigenvalue weighted by Crippen LogP contribution is -2.51. The Morgan fingerprint density at radius 1 is 0.960 bits per heavy atom. The Balaban J connectivity index is 1.52. The molecule has 0 bridgehead atoms. The highest BCUT2D eigenvalue weighted by Gasteiger charge is 2.57. The van der Waals surface area contributed by atoms with Gasteiger partial charge in [-0.1, -0.05) is 6.07 Å². The maximum Gasteiger partial charge on any atom is 0.433 e. The molecule has 1 atom stereocenters. The van der Waals surface area contributed by atoms with Crippen molar-refractivity contribution in [1.29, 1.82) is 0 Å². The second-order valence-corrected chi connectivity index (χ2v) is 11.4. The first-order valence-electron chi connectivity index (χ1n) is 15.1. The van der Waals surface area contributed by atoms with Gasteiger partial charge in [0.15, 0.2) is 0 Å². The largest absolute Gasteiger partial charge is 0.491 e. The summed E-state index contributed by atoms with van der Waals surface area (Å²) >= 11 is 0. The van der Waals surface area contributed by atoms with Crippen molar-refractivity contribution in [2.24, 2.45) is 5.73 Å². The fourth-order valence-corrected chi connectivity index (χ4v) is 4.96. The summed E-state index contributed by atoms with van der Waals surface area (Å²) in [6.45, 7) is 0.102. The van der Waals surface area contributed by atoms with Crippen LogP contribution in [0.15, 0.2) is 66.9 Å². The Kier molecular flexibility index (Phi) is 10.0. The minimum Gasteiger partial charge on any atom is -0.491 e. The fraction of sp³-hybridized carbons (Fsp3) is 0.294. The Morgan fingerprint density at radius 3 is 2.20 bits per heavy atom. The zero-order valence-corrected chi connectivity index (χ0v) is 26.2. The smallest absolute Gasteiger partial charge is 0.433 e. The van der Waals surface area contributed by atoms with Gasteiger partial charge in [0, 0.05) is 34.0 Å². The molecule has 16 heteroatoms. The third-order valence-corrected chi connectivity index (χ3v) is 7.64. The van der Waals surface area contributed by atoms with E-state index in [2.05, 4.69) is 15.3 Å². The van der Waals surface area contributed by atoms with Gasteiger partial charge in [-0.15, -0.1) is 0 Å². The Labute approximate surface area is 280 Å². The van der Waals surface area contributed by atoms with Crippen LogP contribution in [0.2, 0.25) is 0 Å². The summed E-state index contributed by atoms with van der Waals surface area (Å²) < 4.78 is 109. The number of hydrogen-bond acceptors (Lipinski definition) is 7. The van der Waals surface area contributed by atoms with E-state index in [-0.39, 0.29) is 57.7 Å². The van der Waals surface area contributed by atoms with Crippen LogP contribution in [0, 0.1) is 5.82 Å².